The summed E-state index contributed by atoms with van der Waals surface area (Å²) >= 11 is 4.35. The van der Waals surface area contributed by atoms with Crippen LogP contribution in [0.15, 0.2) is 38.5 Å². The van der Waals surface area contributed by atoms with Gasteiger partial charge in [-0.05, 0) is 40.4 Å². The van der Waals surface area contributed by atoms with Crippen molar-refractivity contribution < 1.29 is 13.2 Å². The molecule has 19 heavy (non-hydrogen) atoms. The molecule has 0 aromatic carbocycles. The topological polar surface area (TPSA) is 68.3 Å². The van der Waals surface area contributed by atoms with Crippen LogP contribution < -0.4 is 9.46 Å². The molecule has 8 heteroatoms. The fourth-order valence-electron chi connectivity index (χ4n) is 1.35. The maximum Gasteiger partial charge on any atom is 0.272 e. The average Bonchev–Trinajstić information content (AvgIpc) is 2.79. The standard InChI is InChI=1S/C11H11BrN2O3S2/c1-2-17-10-4-3-8(7-13-10)14-19(15,16)11-9(12)5-6-18-11/h3-7,14H,2H2,1H3. The van der Waals surface area contributed by atoms with E-state index in [9.17, 15) is 8.42 Å². The molecule has 2 aromatic heterocycles. The third-order valence-corrected chi connectivity index (χ3v) is 6.16. The van der Waals surface area contributed by atoms with Crippen molar-refractivity contribution >= 4 is 43.0 Å². The van der Waals surface area contributed by atoms with Gasteiger partial charge in [0.2, 0.25) is 5.88 Å². The Morgan fingerprint density at radius 2 is 2.21 bits per heavy atom. The zero-order chi connectivity index (χ0) is 13.9. The van der Waals surface area contributed by atoms with Crippen LogP contribution in [0.3, 0.4) is 0 Å². The first-order chi connectivity index (χ1) is 9.03. The van der Waals surface area contributed by atoms with Gasteiger partial charge < -0.3 is 4.74 Å². The first-order valence-electron chi connectivity index (χ1n) is 5.37. The molecule has 0 atom stereocenters. The highest BCUT2D eigenvalue weighted by molar-refractivity contribution is 9.10. The zero-order valence-corrected chi connectivity index (χ0v) is 13.2. The Balaban J connectivity index is 2.19. The number of thiophene rings is 1. The summed E-state index contributed by atoms with van der Waals surface area (Å²) in [6.45, 7) is 2.37. The van der Waals surface area contributed by atoms with E-state index >= 15 is 0 Å². The van der Waals surface area contributed by atoms with Crippen LogP contribution in [0.25, 0.3) is 0 Å². The molecule has 0 radical (unpaired) electrons. The van der Waals surface area contributed by atoms with Gasteiger partial charge in [-0.2, -0.15) is 0 Å². The van der Waals surface area contributed by atoms with Crippen LogP contribution in [-0.2, 0) is 10.0 Å². The van der Waals surface area contributed by atoms with Crippen LogP contribution in [0.5, 0.6) is 5.88 Å². The molecule has 0 amide bonds. The largest absolute Gasteiger partial charge is 0.478 e. The molecule has 1 N–H and O–H groups in total. The predicted octanol–water partition coefficient (Wildman–Crippen LogP) is 3.11. The summed E-state index contributed by atoms with van der Waals surface area (Å²) in [4.78, 5) is 4.00. The number of halogens is 1. The molecule has 102 valence electrons. The summed E-state index contributed by atoms with van der Waals surface area (Å²) < 4.78 is 32.6. The highest BCUT2D eigenvalue weighted by Gasteiger charge is 2.19. The van der Waals surface area contributed by atoms with E-state index in [1.165, 1.54) is 6.20 Å². The third kappa shape index (κ3) is 3.46. The van der Waals surface area contributed by atoms with Gasteiger partial charge in [-0.1, -0.05) is 0 Å². The van der Waals surface area contributed by atoms with Gasteiger partial charge in [0.05, 0.1) is 18.5 Å². The lowest BCUT2D eigenvalue weighted by atomic mass is 10.4. The number of hydrogen-bond acceptors (Lipinski definition) is 5. The van der Waals surface area contributed by atoms with Crippen LogP contribution in [0.1, 0.15) is 6.92 Å². The summed E-state index contributed by atoms with van der Waals surface area (Å²) in [6, 6.07) is 4.91. The maximum atomic E-state index is 12.1. The number of ether oxygens (including phenoxy) is 1. The normalized spacial score (nSPS) is 11.3. The second-order valence-electron chi connectivity index (χ2n) is 3.48. The Kier molecular flexibility index (Phi) is 4.43. The molecule has 2 heterocycles. The van der Waals surface area contributed by atoms with Gasteiger partial charge in [0.1, 0.15) is 0 Å². The molecule has 0 unspecified atom stereocenters. The lowest BCUT2D eigenvalue weighted by Gasteiger charge is -2.07. The van der Waals surface area contributed by atoms with Gasteiger partial charge in [-0.3, -0.25) is 4.72 Å². The number of sulfonamides is 1. The summed E-state index contributed by atoms with van der Waals surface area (Å²) in [5.41, 5.74) is 0.392. The number of rotatable bonds is 5. The van der Waals surface area contributed by atoms with Crippen LogP contribution in [0.2, 0.25) is 0 Å². The van der Waals surface area contributed by atoms with E-state index in [2.05, 4.69) is 25.6 Å². The summed E-state index contributed by atoms with van der Waals surface area (Å²) in [7, 11) is -3.58. The zero-order valence-electron chi connectivity index (χ0n) is 9.96. The maximum absolute atomic E-state index is 12.1. The summed E-state index contributed by atoms with van der Waals surface area (Å²) in [6.07, 6.45) is 1.42. The number of aromatic nitrogens is 1. The average molecular weight is 363 g/mol. The lowest BCUT2D eigenvalue weighted by Crippen LogP contribution is -2.12. The van der Waals surface area contributed by atoms with E-state index < -0.39 is 10.0 Å². The van der Waals surface area contributed by atoms with E-state index in [1.807, 2.05) is 6.92 Å². The van der Waals surface area contributed by atoms with Gasteiger partial charge in [0.15, 0.2) is 4.21 Å². The first-order valence-corrected chi connectivity index (χ1v) is 8.53. The van der Waals surface area contributed by atoms with Crippen LogP contribution in [0, 0.1) is 0 Å². The number of nitrogens with one attached hydrogen (secondary N) is 1. The third-order valence-electron chi connectivity index (χ3n) is 2.11. The molecule has 5 nitrogen and oxygen atoms in total. The first kappa shape index (κ1) is 14.3. The lowest BCUT2D eigenvalue weighted by molar-refractivity contribution is 0.327. The molecular formula is C11H11BrN2O3S2. The molecule has 0 fully saturated rings. The Morgan fingerprint density at radius 3 is 2.74 bits per heavy atom. The molecular weight excluding hydrogens is 352 g/mol. The van der Waals surface area contributed by atoms with Crippen molar-refractivity contribution in [2.45, 2.75) is 11.1 Å². The Labute approximate surface area is 123 Å². The van der Waals surface area contributed by atoms with Crippen molar-refractivity contribution in [1.82, 2.24) is 4.98 Å². The fraction of sp³-hybridized carbons (Fsp3) is 0.182. The van der Waals surface area contributed by atoms with Gasteiger partial charge in [0.25, 0.3) is 10.0 Å². The minimum atomic E-state index is -3.58. The summed E-state index contributed by atoms with van der Waals surface area (Å²) in [5.74, 6) is 0.461. The molecule has 2 rings (SSSR count). The molecule has 0 saturated carbocycles. The van der Waals surface area contributed by atoms with E-state index in [1.54, 1.807) is 23.6 Å². The van der Waals surface area contributed by atoms with Gasteiger partial charge in [-0.15, -0.1) is 11.3 Å². The molecule has 0 aliphatic heterocycles. The van der Waals surface area contributed by atoms with Gasteiger partial charge in [0, 0.05) is 10.5 Å². The Hall–Kier alpha value is -1.12. The van der Waals surface area contributed by atoms with Crippen molar-refractivity contribution in [1.29, 1.82) is 0 Å². The predicted molar refractivity (Wildman–Crippen MR) is 78.2 cm³/mol. The Bertz CT molecular complexity index is 653. The Morgan fingerprint density at radius 1 is 1.42 bits per heavy atom. The van der Waals surface area contributed by atoms with Crippen molar-refractivity contribution in [2.24, 2.45) is 0 Å². The highest BCUT2D eigenvalue weighted by Crippen LogP contribution is 2.29. The summed E-state index contributed by atoms with van der Waals surface area (Å²) in [5, 5.41) is 1.70. The van der Waals surface area contributed by atoms with Crippen molar-refractivity contribution in [3.05, 3.63) is 34.2 Å². The number of pyridine rings is 1. The quantitative estimate of drug-likeness (QED) is 0.886. The van der Waals surface area contributed by atoms with E-state index in [0.717, 1.165) is 11.3 Å². The van der Waals surface area contributed by atoms with E-state index in [0.29, 0.717) is 22.6 Å². The molecule has 0 saturated heterocycles. The second-order valence-corrected chi connectivity index (χ2v) is 7.13. The van der Waals surface area contributed by atoms with Crippen LogP contribution in [-0.4, -0.2) is 20.0 Å². The smallest absolute Gasteiger partial charge is 0.272 e. The van der Waals surface area contributed by atoms with E-state index in [-0.39, 0.29) is 4.21 Å². The number of nitrogens with zero attached hydrogens (tertiary/aromatic N) is 1. The van der Waals surface area contributed by atoms with Crippen molar-refractivity contribution in [3.8, 4) is 5.88 Å². The van der Waals surface area contributed by atoms with Crippen LogP contribution in [0.4, 0.5) is 5.69 Å². The monoisotopic (exact) mass is 362 g/mol. The molecule has 2 aromatic rings. The van der Waals surface area contributed by atoms with E-state index in [4.69, 9.17) is 4.74 Å². The molecule has 0 bridgehead atoms. The molecule has 0 spiro atoms. The minimum absolute atomic E-state index is 0.237. The highest BCUT2D eigenvalue weighted by atomic mass is 79.9. The van der Waals surface area contributed by atoms with Crippen LogP contribution >= 0.6 is 27.3 Å². The molecule has 0 aliphatic carbocycles. The fourth-order valence-corrected chi connectivity index (χ4v) is 4.73. The number of anilines is 1. The minimum Gasteiger partial charge on any atom is -0.478 e. The SMILES string of the molecule is CCOc1ccc(NS(=O)(=O)c2sccc2Br)cn1. The number of hydrogen-bond donors (Lipinski definition) is 1. The van der Waals surface area contributed by atoms with Crippen molar-refractivity contribution in [2.75, 3.05) is 11.3 Å². The van der Waals surface area contributed by atoms with Crippen molar-refractivity contribution in [3.63, 3.8) is 0 Å². The van der Waals surface area contributed by atoms with Gasteiger partial charge >= 0.3 is 0 Å². The molecule has 0 aliphatic rings. The van der Waals surface area contributed by atoms with Gasteiger partial charge in [-0.25, -0.2) is 13.4 Å². The second kappa shape index (κ2) is 5.89.